The molecule has 0 bridgehead atoms. The number of amides is 1. The lowest BCUT2D eigenvalue weighted by molar-refractivity contribution is -0.130. The Morgan fingerprint density at radius 2 is 2.05 bits per heavy atom. The Kier molecular flexibility index (Phi) is 4.59. The van der Waals surface area contributed by atoms with E-state index in [-0.39, 0.29) is 5.91 Å². The van der Waals surface area contributed by atoms with Crippen LogP contribution in [-0.4, -0.2) is 43.7 Å². The number of anilines is 2. The Morgan fingerprint density at radius 3 is 2.64 bits per heavy atom. The molecule has 2 aliphatic rings. The van der Waals surface area contributed by atoms with Gasteiger partial charge < -0.3 is 20.7 Å². The molecule has 120 valence electrons. The van der Waals surface area contributed by atoms with Gasteiger partial charge in [-0.25, -0.2) is 4.98 Å². The summed E-state index contributed by atoms with van der Waals surface area (Å²) in [6.07, 6.45) is 5.53. The Hall–Kier alpha value is -1.66. The fourth-order valence-corrected chi connectivity index (χ4v) is 3.14. The lowest BCUT2D eigenvalue weighted by atomic mass is 9.79. The number of nitrogens with two attached hydrogens (primary N) is 1. The number of carbonyl (C=O) groups is 1. The summed E-state index contributed by atoms with van der Waals surface area (Å²) < 4.78 is 5.35. The molecule has 6 heteroatoms. The molecule has 3 N–H and O–H groups in total. The number of ether oxygens (including phenoxy) is 1. The zero-order valence-corrected chi connectivity index (χ0v) is 12.9. The number of nitrogens with zero attached hydrogens (tertiary/aromatic N) is 2. The number of carbonyl (C=O) groups excluding carboxylic acids is 1. The summed E-state index contributed by atoms with van der Waals surface area (Å²) in [5.41, 5.74) is 6.08. The highest BCUT2D eigenvalue weighted by Crippen LogP contribution is 2.31. The van der Waals surface area contributed by atoms with Gasteiger partial charge in [-0.2, -0.15) is 0 Å². The number of pyridine rings is 1. The summed E-state index contributed by atoms with van der Waals surface area (Å²) in [4.78, 5) is 19.3. The van der Waals surface area contributed by atoms with Crippen molar-refractivity contribution in [3.05, 3.63) is 18.3 Å². The van der Waals surface area contributed by atoms with Crippen molar-refractivity contribution in [2.75, 3.05) is 43.1 Å². The van der Waals surface area contributed by atoms with E-state index in [1.165, 1.54) is 12.8 Å². The van der Waals surface area contributed by atoms with Gasteiger partial charge in [0.05, 0.1) is 17.3 Å². The zero-order valence-electron chi connectivity index (χ0n) is 12.9. The molecule has 3 rings (SSSR count). The number of rotatable bonds is 4. The topological polar surface area (TPSA) is 80.5 Å². The molecule has 3 heterocycles. The molecule has 0 unspecified atom stereocenters. The van der Waals surface area contributed by atoms with Crippen molar-refractivity contribution >= 4 is 17.4 Å². The van der Waals surface area contributed by atoms with E-state index >= 15 is 0 Å². The summed E-state index contributed by atoms with van der Waals surface area (Å²) in [6, 6.07) is 3.89. The predicted octanol–water partition coefficient (Wildman–Crippen LogP) is 1.38. The molecule has 22 heavy (non-hydrogen) atoms. The van der Waals surface area contributed by atoms with Gasteiger partial charge in [-0.15, -0.1) is 0 Å². The Bertz CT molecular complexity index is 505. The molecule has 6 nitrogen and oxygen atoms in total. The first kappa shape index (κ1) is 15.2. The van der Waals surface area contributed by atoms with E-state index in [0.29, 0.717) is 32.6 Å². The normalized spacial score (nSPS) is 20.9. The molecule has 1 aromatic heterocycles. The first-order valence-electron chi connectivity index (χ1n) is 8.04. The minimum absolute atomic E-state index is 0.0194. The van der Waals surface area contributed by atoms with E-state index in [9.17, 15) is 4.79 Å². The van der Waals surface area contributed by atoms with Gasteiger partial charge in [-0.1, -0.05) is 0 Å². The SMILES string of the molecule is NCC1(C(=O)Nc2ccc(N3CCCC3)nc2)CCOCC1. The molecule has 2 saturated heterocycles. The molecular weight excluding hydrogens is 280 g/mol. The van der Waals surface area contributed by atoms with Crippen LogP contribution in [0.4, 0.5) is 11.5 Å². The minimum Gasteiger partial charge on any atom is -0.381 e. The summed E-state index contributed by atoms with van der Waals surface area (Å²) in [5, 5.41) is 2.97. The second-order valence-corrected chi connectivity index (χ2v) is 6.15. The Morgan fingerprint density at radius 1 is 1.32 bits per heavy atom. The van der Waals surface area contributed by atoms with Crippen LogP contribution < -0.4 is 16.0 Å². The average molecular weight is 304 g/mol. The highest BCUT2D eigenvalue weighted by atomic mass is 16.5. The molecule has 1 amide bonds. The van der Waals surface area contributed by atoms with Gasteiger partial charge in [0.1, 0.15) is 5.82 Å². The highest BCUT2D eigenvalue weighted by Gasteiger charge is 2.38. The van der Waals surface area contributed by atoms with Crippen molar-refractivity contribution in [1.29, 1.82) is 0 Å². The van der Waals surface area contributed by atoms with Crippen molar-refractivity contribution in [3.8, 4) is 0 Å². The Labute approximate surface area is 131 Å². The molecule has 0 spiro atoms. The molecule has 0 aliphatic carbocycles. The molecule has 0 saturated carbocycles. The first-order chi connectivity index (χ1) is 10.7. The van der Waals surface area contributed by atoms with Crippen LogP contribution in [0.5, 0.6) is 0 Å². The maximum atomic E-state index is 12.6. The second-order valence-electron chi connectivity index (χ2n) is 6.15. The smallest absolute Gasteiger partial charge is 0.232 e. The van der Waals surface area contributed by atoms with Crippen LogP contribution in [-0.2, 0) is 9.53 Å². The van der Waals surface area contributed by atoms with E-state index < -0.39 is 5.41 Å². The Balaban J connectivity index is 1.65. The van der Waals surface area contributed by atoms with Gasteiger partial charge in [0.25, 0.3) is 0 Å². The van der Waals surface area contributed by atoms with Crippen LogP contribution in [0.25, 0.3) is 0 Å². The van der Waals surface area contributed by atoms with E-state index in [2.05, 4.69) is 15.2 Å². The predicted molar refractivity (Wildman–Crippen MR) is 85.9 cm³/mol. The van der Waals surface area contributed by atoms with Crippen molar-refractivity contribution in [3.63, 3.8) is 0 Å². The van der Waals surface area contributed by atoms with Gasteiger partial charge in [0.2, 0.25) is 5.91 Å². The lowest BCUT2D eigenvalue weighted by Crippen LogP contribution is -2.46. The largest absolute Gasteiger partial charge is 0.381 e. The summed E-state index contributed by atoms with van der Waals surface area (Å²) in [6.45, 7) is 3.67. The third-order valence-corrected chi connectivity index (χ3v) is 4.76. The molecule has 2 aliphatic heterocycles. The van der Waals surface area contributed by atoms with Gasteiger partial charge in [-0.05, 0) is 37.8 Å². The van der Waals surface area contributed by atoms with Crippen molar-refractivity contribution < 1.29 is 9.53 Å². The molecule has 0 radical (unpaired) electrons. The van der Waals surface area contributed by atoms with Crippen molar-refractivity contribution in [2.24, 2.45) is 11.1 Å². The third-order valence-electron chi connectivity index (χ3n) is 4.76. The lowest BCUT2D eigenvalue weighted by Gasteiger charge is -2.34. The molecular formula is C16H24N4O2. The van der Waals surface area contributed by atoms with E-state index in [4.69, 9.17) is 10.5 Å². The fourth-order valence-electron chi connectivity index (χ4n) is 3.14. The average Bonchev–Trinajstić information content (AvgIpc) is 3.10. The number of hydrogen-bond acceptors (Lipinski definition) is 5. The maximum absolute atomic E-state index is 12.6. The van der Waals surface area contributed by atoms with Crippen LogP contribution >= 0.6 is 0 Å². The highest BCUT2D eigenvalue weighted by molar-refractivity contribution is 5.95. The van der Waals surface area contributed by atoms with Crippen molar-refractivity contribution in [1.82, 2.24) is 4.98 Å². The van der Waals surface area contributed by atoms with Crippen molar-refractivity contribution in [2.45, 2.75) is 25.7 Å². The quantitative estimate of drug-likeness (QED) is 0.878. The van der Waals surface area contributed by atoms with Gasteiger partial charge in [0.15, 0.2) is 0 Å². The van der Waals surface area contributed by atoms with Crippen LogP contribution in [0, 0.1) is 5.41 Å². The first-order valence-corrected chi connectivity index (χ1v) is 8.04. The maximum Gasteiger partial charge on any atom is 0.232 e. The summed E-state index contributed by atoms with van der Waals surface area (Å²) in [5.74, 6) is 0.962. The standard InChI is InChI=1S/C16H24N4O2/c17-12-16(5-9-22-10-6-16)15(21)19-13-3-4-14(18-11-13)20-7-1-2-8-20/h3-4,11H,1-2,5-10,12,17H2,(H,19,21). The van der Waals surface area contributed by atoms with Gasteiger partial charge >= 0.3 is 0 Å². The van der Waals surface area contributed by atoms with E-state index in [1.54, 1.807) is 6.20 Å². The molecule has 0 aromatic carbocycles. The molecule has 1 aromatic rings. The van der Waals surface area contributed by atoms with Crippen LogP contribution in [0.2, 0.25) is 0 Å². The molecule has 0 atom stereocenters. The number of nitrogens with one attached hydrogen (secondary N) is 1. The summed E-state index contributed by atoms with van der Waals surface area (Å²) in [7, 11) is 0. The van der Waals surface area contributed by atoms with Crippen LogP contribution in [0.1, 0.15) is 25.7 Å². The monoisotopic (exact) mass is 304 g/mol. The van der Waals surface area contributed by atoms with Crippen LogP contribution in [0.15, 0.2) is 18.3 Å². The molecule has 2 fully saturated rings. The van der Waals surface area contributed by atoms with E-state index in [1.807, 2.05) is 12.1 Å². The number of hydrogen-bond donors (Lipinski definition) is 2. The minimum atomic E-state index is -0.508. The summed E-state index contributed by atoms with van der Waals surface area (Å²) >= 11 is 0. The third kappa shape index (κ3) is 3.08. The van der Waals surface area contributed by atoms with E-state index in [0.717, 1.165) is 24.6 Å². The fraction of sp³-hybridized carbons (Fsp3) is 0.625. The zero-order chi connectivity index (χ0) is 15.4. The van der Waals surface area contributed by atoms with Gasteiger partial charge in [0, 0.05) is 32.8 Å². The van der Waals surface area contributed by atoms with Crippen LogP contribution in [0.3, 0.4) is 0 Å². The second kappa shape index (κ2) is 6.62. The van der Waals surface area contributed by atoms with Gasteiger partial charge in [-0.3, -0.25) is 4.79 Å². The number of aromatic nitrogens is 1.